The van der Waals surface area contributed by atoms with Crippen LogP contribution in [0.25, 0.3) is 0 Å². The lowest BCUT2D eigenvalue weighted by molar-refractivity contribution is -0.0447. The highest BCUT2D eigenvalue weighted by Gasteiger charge is 2.25. The van der Waals surface area contributed by atoms with Gasteiger partial charge in [-0.3, -0.25) is 4.79 Å². The van der Waals surface area contributed by atoms with Crippen molar-refractivity contribution in [2.24, 2.45) is 0 Å². The fourth-order valence-electron chi connectivity index (χ4n) is 2.49. The molecule has 0 saturated carbocycles. The van der Waals surface area contributed by atoms with Gasteiger partial charge >= 0.3 is 0 Å². The van der Waals surface area contributed by atoms with Gasteiger partial charge in [0.2, 0.25) is 0 Å². The third kappa shape index (κ3) is 3.11. The molecule has 1 N–H and O–H groups in total. The van der Waals surface area contributed by atoms with Crippen LogP contribution >= 0.6 is 0 Å². The first-order valence-corrected chi connectivity index (χ1v) is 7.19. The van der Waals surface area contributed by atoms with Crippen LogP contribution in [0.4, 0.5) is 0 Å². The van der Waals surface area contributed by atoms with Crippen molar-refractivity contribution in [3.8, 4) is 11.5 Å². The molecule has 1 aromatic rings. The number of hydrogen-bond donors (Lipinski definition) is 1. The Labute approximate surface area is 123 Å². The summed E-state index contributed by atoms with van der Waals surface area (Å²) in [5.74, 6) is 1.22. The third-order valence-electron chi connectivity index (χ3n) is 3.62. The molecule has 1 aromatic carbocycles. The summed E-state index contributed by atoms with van der Waals surface area (Å²) in [7, 11) is 0. The normalized spacial score (nSPS) is 21.8. The van der Waals surface area contributed by atoms with Gasteiger partial charge in [0.15, 0.2) is 11.5 Å². The van der Waals surface area contributed by atoms with Crippen molar-refractivity contribution >= 4 is 5.91 Å². The summed E-state index contributed by atoms with van der Waals surface area (Å²) >= 11 is 0. The Hall–Kier alpha value is -1.79. The van der Waals surface area contributed by atoms with E-state index in [2.05, 4.69) is 0 Å². The molecule has 3 rings (SSSR count). The smallest absolute Gasteiger partial charge is 0.254 e. The molecule has 1 fully saturated rings. The van der Waals surface area contributed by atoms with Gasteiger partial charge in [-0.25, -0.2) is 0 Å². The molecule has 1 amide bonds. The van der Waals surface area contributed by atoms with Gasteiger partial charge < -0.3 is 24.2 Å². The fraction of sp³-hybridized carbons (Fsp3) is 0.533. The number of amides is 1. The lowest BCUT2D eigenvalue weighted by Crippen LogP contribution is -2.46. The number of morpholine rings is 1. The van der Waals surface area contributed by atoms with E-state index in [-0.39, 0.29) is 18.6 Å². The number of fused-ring (bicyclic) bond motifs is 1. The van der Waals surface area contributed by atoms with Crippen molar-refractivity contribution in [1.82, 2.24) is 4.90 Å². The topological polar surface area (TPSA) is 68.2 Å². The molecule has 21 heavy (non-hydrogen) atoms. The molecule has 114 valence electrons. The molecule has 0 spiro atoms. The Morgan fingerprint density at radius 2 is 2.05 bits per heavy atom. The number of carbonyl (C=O) groups excluding carboxylic acids is 1. The van der Waals surface area contributed by atoms with Crippen LogP contribution in [-0.2, 0) is 4.74 Å². The maximum Gasteiger partial charge on any atom is 0.254 e. The van der Waals surface area contributed by atoms with Gasteiger partial charge in [-0.1, -0.05) is 0 Å². The average molecular weight is 293 g/mol. The van der Waals surface area contributed by atoms with Gasteiger partial charge in [0.05, 0.1) is 32.5 Å². The Kier molecular flexibility index (Phi) is 4.26. The largest absolute Gasteiger partial charge is 0.490 e. The van der Waals surface area contributed by atoms with Crippen molar-refractivity contribution in [2.45, 2.75) is 12.5 Å². The van der Waals surface area contributed by atoms with Crippen LogP contribution in [0.5, 0.6) is 11.5 Å². The molecule has 2 heterocycles. The Bertz CT molecular complexity index is 519. The Morgan fingerprint density at radius 1 is 1.24 bits per heavy atom. The highest BCUT2D eigenvalue weighted by molar-refractivity contribution is 5.95. The molecule has 0 aromatic heterocycles. The van der Waals surface area contributed by atoms with Crippen LogP contribution < -0.4 is 9.47 Å². The molecule has 2 aliphatic heterocycles. The molecule has 0 aliphatic carbocycles. The quantitative estimate of drug-likeness (QED) is 0.868. The highest BCUT2D eigenvalue weighted by Crippen LogP contribution is 2.30. The van der Waals surface area contributed by atoms with Crippen molar-refractivity contribution in [2.75, 3.05) is 39.5 Å². The van der Waals surface area contributed by atoms with E-state index >= 15 is 0 Å². The summed E-state index contributed by atoms with van der Waals surface area (Å²) < 4.78 is 16.5. The molecule has 1 atom stereocenters. The first kappa shape index (κ1) is 14.2. The molecular weight excluding hydrogens is 274 g/mol. The number of aliphatic hydroxyl groups excluding tert-OH is 1. The minimum Gasteiger partial charge on any atom is -0.490 e. The second-order valence-electron chi connectivity index (χ2n) is 5.14. The number of benzene rings is 1. The van der Waals surface area contributed by atoms with Crippen LogP contribution in [0.15, 0.2) is 18.2 Å². The first-order chi connectivity index (χ1) is 10.3. The van der Waals surface area contributed by atoms with Crippen molar-refractivity contribution in [1.29, 1.82) is 0 Å². The van der Waals surface area contributed by atoms with Gasteiger partial charge in [-0.15, -0.1) is 0 Å². The molecule has 0 bridgehead atoms. The maximum absolute atomic E-state index is 12.5. The highest BCUT2D eigenvalue weighted by atomic mass is 16.5. The third-order valence-corrected chi connectivity index (χ3v) is 3.62. The molecule has 1 saturated heterocycles. The number of ether oxygens (including phenoxy) is 3. The molecule has 1 unspecified atom stereocenters. The molecule has 6 heteroatoms. The van der Waals surface area contributed by atoms with Gasteiger partial charge in [0, 0.05) is 25.1 Å². The molecular formula is C15H19NO5. The van der Waals surface area contributed by atoms with Crippen molar-refractivity contribution in [3.63, 3.8) is 0 Å². The number of rotatable bonds is 2. The van der Waals surface area contributed by atoms with Crippen LogP contribution in [0.1, 0.15) is 16.8 Å². The minimum absolute atomic E-state index is 0.0765. The monoisotopic (exact) mass is 293 g/mol. The second-order valence-corrected chi connectivity index (χ2v) is 5.14. The van der Waals surface area contributed by atoms with E-state index in [4.69, 9.17) is 19.3 Å². The van der Waals surface area contributed by atoms with E-state index < -0.39 is 0 Å². The SMILES string of the molecule is O=C(c1ccc2c(c1)OCCCO2)N1CCOC(CO)C1. The number of aliphatic hydroxyl groups is 1. The van der Waals surface area contributed by atoms with E-state index in [0.29, 0.717) is 50.0 Å². The van der Waals surface area contributed by atoms with Crippen molar-refractivity contribution < 1.29 is 24.1 Å². The standard InChI is InChI=1S/C15H19NO5/c17-10-12-9-16(4-7-19-12)15(18)11-2-3-13-14(8-11)21-6-1-5-20-13/h2-3,8,12,17H,1,4-7,9-10H2. The van der Waals surface area contributed by atoms with E-state index in [1.165, 1.54) is 0 Å². The summed E-state index contributed by atoms with van der Waals surface area (Å²) in [4.78, 5) is 14.2. The van der Waals surface area contributed by atoms with Gasteiger partial charge in [-0.2, -0.15) is 0 Å². The summed E-state index contributed by atoms with van der Waals surface area (Å²) in [5.41, 5.74) is 0.567. The zero-order valence-electron chi connectivity index (χ0n) is 11.8. The second kappa shape index (κ2) is 6.32. The first-order valence-electron chi connectivity index (χ1n) is 7.19. The zero-order chi connectivity index (χ0) is 14.7. The molecule has 6 nitrogen and oxygen atoms in total. The van der Waals surface area contributed by atoms with Crippen LogP contribution in [0.2, 0.25) is 0 Å². The van der Waals surface area contributed by atoms with Crippen molar-refractivity contribution in [3.05, 3.63) is 23.8 Å². The van der Waals surface area contributed by atoms with E-state index in [0.717, 1.165) is 6.42 Å². The van der Waals surface area contributed by atoms with Crippen LogP contribution in [0.3, 0.4) is 0 Å². The lowest BCUT2D eigenvalue weighted by Gasteiger charge is -2.32. The molecule has 0 radical (unpaired) electrons. The fourth-order valence-corrected chi connectivity index (χ4v) is 2.49. The summed E-state index contributed by atoms with van der Waals surface area (Å²) in [6.45, 7) is 2.52. The predicted molar refractivity (Wildman–Crippen MR) is 74.8 cm³/mol. The number of hydrogen-bond acceptors (Lipinski definition) is 5. The van der Waals surface area contributed by atoms with Crippen LogP contribution in [-0.4, -0.2) is 61.5 Å². The zero-order valence-corrected chi connectivity index (χ0v) is 11.8. The summed E-state index contributed by atoms with van der Waals surface area (Å²) in [6.07, 6.45) is 0.530. The summed E-state index contributed by atoms with van der Waals surface area (Å²) in [6, 6.07) is 5.25. The maximum atomic E-state index is 12.5. The van der Waals surface area contributed by atoms with Gasteiger partial charge in [0.25, 0.3) is 5.91 Å². The number of carbonyl (C=O) groups is 1. The summed E-state index contributed by atoms with van der Waals surface area (Å²) in [5, 5.41) is 9.15. The van der Waals surface area contributed by atoms with E-state index in [1.54, 1.807) is 23.1 Å². The minimum atomic E-state index is -0.303. The number of nitrogens with zero attached hydrogens (tertiary/aromatic N) is 1. The predicted octanol–water partition coefficient (Wildman–Crippen LogP) is 0.681. The van der Waals surface area contributed by atoms with Crippen LogP contribution in [0, 0.1) is 0 Å². The average Bonchev–Trinajstić information content (AvgIpc) is 2.78. The van der Waals surface area contributed by atoms with E-state index in [1.807, 2.05) is 0 Å². The molecule has 2 aliphatic rings. The Balaban J connectivity index is 1.76. The Morgan fingerprint density at radius 3 is 2.86 bits per heavy atom. The lowest BCUT2D eigenvalue weighted by atomic mass is 10.1. The van der Waals surface area contributed by atoms with E-state index in [9.17, 15) is 4.79 Å². The van der Waals surface area contributed by atoms with Gasteiger partial charge in [0.1, 0.15) is 0 Å². The van der Waals surface area contributed by atoms with Gasteiger partial charge in [-0.05, 0) is 18.2 Å².